The number of carboxylic acid groups (broad SMARTS) is 1. The van der Waals surface area contributed by atoms with Crippen molar-refractivity contribution < 1.29 is 9.90 Å². The molecule has 20 heavy (non-hydrogen) atoms. The zero-order chi connectivity index (χ0) is 14.5. The molecule has 110 valence electrons. The van der Waals surface area contributed by atoms with Crippen LogP contribution in [0.2, 0.25) is 0 Å². The van der Waals surface area contributed by atoms with Crippen LogP contribution in [-0.2, 0) is 4.79 Å². The maximum Gasteiger partial charge on any atom is 0.325 e. The number of nitrogens with zero attached hydrogens (tertiary/aromatic N) is 1. The van der Waals surface area contributed by atoms with Crippen molar-refractivity contribution in [2.75, 3.05) is 13.3 Å². The lowest BCUT2D eigenvalue weighted by Gasteiger charge is -2.35. The van der Waals surface area contributed by atoms with Crippen LogP contribution in [0.25, 0.3) is 0 Å². The molecule has 1 aliphatic rings. The van der Waals surface area contributed by atoms with Gasteiger partial charge in [0, 0.05) is 10.9 Å². The third kappa shape index (κ3) is 3.55. The number of rotatable bonds is 5. The second-order valence-corrected chi connectivity index (χ2v) is 6.35. The van der Waals surface area contributed by atoms with Crippen molar-refractivity contribution in [1.82, 2.24) is 4.90 Å². The molecule has 1 N–H and O–H groups in total. The maximum atomic E-state index is 11.7. The summed E-state index contributed by atoms with van der Waals surface area (Å²) in [4.78, 5) is 14.9. The molecule has 0 aromatic heterocycles. The molecule has 3 nitrogen and oxygen atoms in total. The van der Waals surface area contributed by atoms with Crippen LogP contribution >= 0.6 is 11.8 Å². The molecule has 1 unspecified atom stereocenters. The lowest BCUT2D eigenvalue weighted by Crippen LogP contribution is -2.40. The normalized spacial score (nSPS) is 18.1. The summed E-state index contributed by atoms with van der Waals surface area (Å²) in [5.74, 6) is -0.755. The molecule has 0 aliphatic heterocycles. The minimum atomic E-state index is -0.755. The van der Waals surface area contributed by atoms with Gasteiger partial charge in [-0.1, -0.05) is 31.4 Å². The molecule has 1 atom stereocenters. The summed E-state index contributed by atoms with van der Waals surface area (Å²) in [6.45, 7) is 0. The average Bonchev–Trinajstić information content (AvgIpc) is 2.48. The van der Waals surface area contributed by atoms with Crippen LogP contribution in [-0.4, -0.2) is 35.3 Å². The van der Waals surface area contributed by atoms with E-state index in [2.05, 4.69) is 4.90 Å². The van der Waals surface area contributed by atoms with Crippen LogP contribution in [0.1, 0.15) is 43.7 Å². The van der Waals surface area contributed by atoms with E-state index in [4.69, 9.17) is 0 Å². The van der Waals surface area contributed by atoms with Gasteiger partial charge in [0.05, 0.1) is 0 Å². The predicted octanol–water partition coefficient (Wildman–Crippen LogP) is 3.80. The van der Waals surface area contributed by atoms with Crippen LogP contribution in [0.4, 0.5) is 0 Å². The highest BCUT2D eigenvalue weighted by atomic mass is 32.2. The van der Waals surface area contributed by atoms with E-state index in [9.17, 15) is 9.90 Å². The number of carbonyl (C=O) groups is 1. The molecule has 0 amide bonds. The van der Waals surface area contributed by atoms with Crippen molar-refractivity contribution in [3.05, 3.63) is 29.8 Å². The standard InChI is InChI=1S/C16H23NO2S/c1-17(13-6-4-3-5-7-13)15(16(18)19)12-8-10-14(20-2)11-9-12/h8-11,13,15H,3-7H2,1-2H3,(H,18,19). The Hall–Kier alpha value is -1.00. The zero-order valence-electron chi connectivity index (χ0n) is 12.2. The predicted molar refractivity (Wildman–Crippen MR) is 83.2 cm³/mol. The Balaban J connectivity index is 2.18. The van der Waals surface area contributed by atoms with Crippen LogP contribution in [0.3, 0.4) is 0 Å². The molecule has 0 bridgehead atoms. The van der Waals surface area contributed by atoms with E-state index >= 15 is 0 Å². The molecule has 1 aromatic rings. The Labute approximate surface area is 125 Å². The molecule has 1 fully saturated rings. The van der Waals surface area contributed by atoms with Crippen molar-refractivity contribution in [2.24, 2.45) is 0 Å². The van der Waals surface area contributed by atoms with Gasteiger partial charge in [0.2, 0.25) is 0 Å². The van der Waals surface area contributed by atoms with Crippen LogP contribution in [0, 0.1) is 0 Å². The highest BCUT2D eigenvalue weighted by Crippen LogP contribution is 2.30. The van der Waals surface area contributed by atoms with Gasteiger partial charge in [0.25, 0.3) is 0 Å². The smallest absolute Gasteiger partial charge is 0.325 e. The summed E-state index contributed by atoms with van der Waals surface area (Å²) >= 11 is 1.67. The Bertz CT molecular complexity index is 440. The molecule has 1 aromatic carbocycles. The van der Waals surface area contributed by atoms with E-state index < -0.39 is 12.0 Å². The first-order chi connectivity index (χ1) is 9.63. The average molecular weight is 293 g/mol. The molecule has 1 aliphatic carbocycles. The summed E-state index contributed by atoms with van der Waals surface area (Å²) in [5.41, 5.74) is 0.878. The lowest BCUT2D eigenvalue weighted by molar-refractivity contribution is -0.144. The largest absolute Gasteiger partial charge is 0.480 e. The highest BCUT2D eigenvalue weighted by molar-refractivity contribution is 7.98. The van der Waals surface area contributed by atoms with Gasteiger partial charge in [-0.2, -0.15) is 0 Å². The molecular formula is C16H23NO2S. The SMILES string of the molecule is CSc1ccc(C(C(=O)O)N(C)C2CCCCC2)cc1. The first kappa shape index (κ1) is 15.4. The van der Waals surface area contributed by atoms with E-state index in [0.717, 1.165) is 18.4 Å². The van der Waals surface area contributed by atoms with Gasteiger partial charge in [-0.05, 0) is 43.8 Å². The van der Waals surface area contributed by atoms with Crippen molar-refractivity contribution in [1.29, 1.82) is 0 Å². The van der Waals surface area contributed by atoms with E-state index in [1.807, 2.05) is 37.6 Å². The molecule has 0 heterocycles. The summed E-state index contributed by atoms with van der Waals surface area (Å²) in [6, 6.07) is 7.77. The van der Waals surface area contributed by atoms with Gasteiger partial charge in [0.15, 0.2) is 0 Å². The lowest BCUT2D eigenvalue weighted by atomic mass is 9.92. The van der Waals surface area contributed by atoms with Gasteiger partial charge < -0.3 is 5.11 Å². The number of thioether (sulfide) groups is 1. The number of aliphatic carboxylic acids is 1. The fraction of sp³-hybridized carbons (Fsp3) is 0.562. The van der Waals surface area contributed by atoms with Crippen molar-refractivity contribution in [2.45, 2.75) is 49.1 Å². The molecule has 2 rings (SSSR count). The molecule has 0 saturated heterocycles. The number of benzene rings is 1. The first-order valence-electron chi connectivity index (χ1n) is 7.22. The third-order valence-corrected chi connectivity index (χ3v) is 4.97. The Morgan fingerprint density at radius 2 is 1.85 bits per heavy atom. The number of carboxylic acids is 1. The van der Waals surface area contributed by atoms with Crippen LogP contribution in [0.15, 0.2) is 29.2 Å². The van der Waals surface area contributed by atoms with Gasteiger partial charge in [-0.3, -0.25) is 9.69 Å². The minimum Gasteiger partial charge on any atom is -0.480 e. The fourth-order valence-electron chi connectivity index (χ4n) is 3.04. The van der Waals surface area contributed by atoms with Crippen LogP contribution in [0.5, 0.6) is 0 Å². The summed E-state index contributed by atoms with van der Waals surface area (Å²) in [7, 11) is 1.96. The summed E-state index contributed by atoms with van der Waals surface area (Å²) in [6.07, 6.45) is 7.97. The fourth-order valence-corrected chi connectivity index (χ4v) is 3.45. The van der Waals surface area contributed by atoms with Crippen molar-refractivity contribution in [3.8, 4) is 0 Å². The molecular weight excluding hydrogens is 270 g/mol. The Kier molecular flexibility index (Phi) is 5.49. The molecule has 4 heteroatoms. The number of hydrogen-bond acceptors (Lipinski definition) is 3. The van der Waals surface area contributed by atoms with Crippen LogP contribution < -0.4 is 0 Å². The minimum absolute atomic E-state index is 0.394. The van der Waals surface area contributed by atoms with E-state index in [-0.39, 0.29) is 0 Å². The van der Waals surface area contributed by atoms with E-state index in [1.165, 1.54) is 24.2 Å². The molecule has 1 saturated carbocycles. The summed E-state index contributed by atoms with van der Waals surface area (Å²) in [5, 5.41) is 9.61. The van der Waals surface area contributed by atoms with E-state index in [1.54, 1.807) is 11.8 Å². The molecule has 0 radical (unpaired) electrons. The van der Waals surface area contributed by atoms with E-state index in [0.29, 0.717) is 6.04 Å². The third-order valence-electron chi connectivity index (χ3n) is 4.22. The highest BCUT2D eigenvalue weighted by Gasteiger charge is 2.30. The number of likely N-dealkylation sites (N-methyl/N-ethyl adjacent to an activating group) is 1. The Morgan fingerprint density at radius 3 is 2.35 bits per heavy atom. The van der Waals surface area contributed by atoms with Gasteiger partial charge >= 0.3 is 5.97 Å². The van der Waals surface area contributed by atoms with Gasteiger partial charge in [0.1, 0.15) is 6.04 Å². The topological polar surface area (TPSA) is 40.5 Å². The number of hydrogen-bond donors (Lipinski definition) is 1. The quantitative estimate of drug-likeness (QED) is 0.838. The summed E-state index contributed by atoms with van der Waals surface area (Å²) < 4.78 is 0. The zero-order valence-corrected chi connectivity index (χ0v) is 13.0. The second-order valence-electron chi connectivity index (χ2n) is 5.47. The first-order valence-corrected chi connectivity index (χ1v) is 8.44. The van der Waals surface area contributed by atoms with Crippen molar-refractivity contribution >= 4 is 17.7 Å². The maximum absolute atomic E-state index is 11.7. The second kappa shape index (κ2) is 7.14. The Morgan fingerprint density at radius 1 is 1.25 bits per heavy atom. The van der Waals surface area contributed by atoms with Gasteiger partial charge in [-0.15, -0.1) is 11.8 Å². The van der Waals surface area contributed by atoms with Crippen molar-refractivity contribution in [3.63, 3.8) is 0 Å². The molecule has 0 spiro atoms. The monoisotopic (exact) mass is 293 g/mol. The van der Waals surface area contributed by atoms with Gasteiger partial charge in [-0.25, -0.2) is 0 Å².